The molecule has 2 rings (SSSR count). The molecular weight excluding hydrogens is 252 g/mol. The maximum atomic E-state index is 12.0. The molecule has 0 atom stereocenters. The molecule has 5 nitrogen and oxygen atoms in total. The Bertz CT molecular complexity index is 691. The number of amides is 1. The maximum absolute atomic E-state index is 12.0. The number of anilines is 1. The molecule has 0 saturated heterocycles. The molecule has 0 aliphatic rings. The van der Waals surface area contributed by atoms with Gasteiger partial charge < -0.3 is 11.1 Å². The molecule has 3 N–H and O–H groups in total. The lowest BCUT2D eigenvalue weighted by atomic mass is 10.1. The Hall–Kier alpha value is -2.58. The van der Waals surface area contributed by atoms with E-state index in [1.54, 1.807) is 17.9 Å². The molecule has 1 heterocycles. The zero-order valence-corrected chi connectivity index (χ0v) is 11.5. The zero-order valence-electron chi connectivity index (χ0n) is 11.5. The summed E-state index contributed by atoms with van der Waals surface area (Å²) in [5.74, 6) is 5.61. The quantitative estimate of drug-likeness (QED) is 0.806. The van der Waals surface area contributed by atoms with Crippen molar-refractivity contribution < 1.29 is 4.79 Å². The fourth-order valence-corrected chi connectivity index (χ4v) is 1.72. The van der Waals surface area contributed by atoms with Crippen molar-refractivity contribution in [2.75, 3.05) is 11.9 Å². The van der Waals surface area contributed by atoms with Crippen LogP contribution in [0.3, 0.4) is 0 Å². The number of benzene rings is 1. The summed E-state index contributed by atoms with van der Waals surface area (Å²) in [6.45, 7) is 2.28. The molecule has 1 aromatic carbocycles. The van der Waals surface area contributed by atoms with Gasteiger partial charge in [0, 0.05) is 24.5 Å². The van der Waals surface area contributed by atoms with Gasteiger partial charge in [0.1, 0.15) is 0 Å². The topological polar surface area (TPSA) is 72.9 Å². The summed E-state index contributed by atoms with van der Waals surface area (Å²) in [5.41, 5.74) is 8.49. The van der Waals surface area contributed by atoms with Gasteiger partial charge in [0.15, 0.2) is 0 Å². The van der Waals surface area contributed by atoms with Crippen LogP contribution in [0.15, 0.2) is 30.6 Å². The Morgan fingerprint density at radius 1 is 1.50 bits per heavy atom. The molecule has 0 fully saturated rings. The van der Waals surface area contributed by atoms with Crippen LogP contribution in [-0.4, -0.2) is 22.2 Å². The third kappa shape index (κ3) is 3.25. The van der Waals surface area contributed by atoms with Gasteiger partial charge in [-0.3, -0.25) is 9.48 Å². The maximum Gasteiger partial charge on any atom is 0.258 e. The number of nitrogens with zero attached hydrogens (tertiary/aromatic N) is 2. The van der Waals surface area contributed by atoms with Crippen molar-refractivity contribution in [1.82, 2.24) is 9.78 Å². The average Bonchev–Trinajstić information content (AvgIpc) is 2.86. The van der Waals surface area contributed by atoms with Gasteiger partial charge >= 0.3 is 0 Å². The van der Waals surface area contributed by atoms with E-state index in [0.29, 0.717) is 17.8 Å². The molecule has 2 aromatic rings. The Labute approximate surface area is 117 Å². The van der Waals surface area contributed by atoms with E-state index in [4.69, 9.17) is 5.73 Å². The molecule has 20 heavy (non-hydrogen) atoms. The Morgan fingerprint density at radius 3 is 2.95 bits per heavy atom. The van der Waals surface area contributed by atoms with Crippen LogP contribution in [-0.2, 0) is 7.05 Å². The highest BCUT2D eigenvalue weighted by Crippen LogP contribution is 2.15. The normalized spacial score (nSPS) is 9.75. The third-order valence-corrected chi connectivity index (χ3v) is 2.79. The highest BCUT2D eigenvalue weighted by Gasteiger charge is 2.08. The van der Waals surface area contributed by atoms with E-state index < -0.39 is 0 Å². The van der Waals surface area contributed by atoms with Crippen molar-refractivity contribution in [3.05, 3.63) is 47.3 Å². The second-order valence-corrected chi connectivity index (χ2v) is 4.39. The fraction of sp³-hybridized carbons (Fsp3) is 0.200. The summed E-state index contributed by atoms with van der Waals surface area (Å²) in [6, 6.07) is 5.60. The first-order chi connectivity index (χ1) is 9.60. The number of nitrogens with two attached hydrogens (primary N) is 1. The van der Waals surface area contributed by atoms with Gasteiger partial charge in [-0.2, -0.15) is 5.10 Å². The van der Waals surface area contributed by atoms with Crippen molar-refractivity contribution in [3.8, 4) is 11.8 Å². The molecule has 0 unspecified atom stereocenters. The van der Waals surface area contributed by atoms with Gasteiger partial charge in [-0.05, 0) is 24.6 Å². The molecule has 5 heteroatoms. The van der Waals surface area contributed by atoms with Gasteiger partial charge in [0.2, 0.25) is 0 Å². The van der Waals surface area contributed by atoms with E-state index in [2.05, 4.69) is 22.3 Å². The lowest BCUT2D eigenvalue weighted by molar-refractivity contribution is 0.102. The van der Waals surface area contributed by atoms with Crippen LogP contribution < -0.4 is 11.1 Å². The number of rotatable bonds is 2. The van der Waals surface area contributed by atoms with Gasteiger partial charge in [-0.25, -0.2) is 0 Å². The van der Waals surface area contributed by atoms with Crippen LogP contribution in [0.1, 0.15) is 21.5 Å². The number of hydrogen-bond acceptors (Lipinski definition) is 3. The van der Waals surface area contributed by atoms with Gasteiger partial charge in [0.05, 0.1) is 18.3 Å². The van der Waals surface area contributed by atoms with Crippen molar-refractivity contribution in [2.45, 2.75) is 6.92 Å². The minimum atomic E-state index is -0.195. The summed E-state index contributed by atoms with van der Waals surface area (Å²) in [5, 5.41) is 6.80. The zero-order chi connectivity index (χ0) is 14.5. The Balaban J connectivity index is 2.19. The summed E-state index contributed by atoms with van der Waals surface area (Å²) >= 11 is 0. The molecule has 0 spiro atoms. The van der Waals surface area contributed by atoms with Gasteiger partial charge in [0.25, 0.3) is 5.91 Å². The third-order valence-electron chi connectivity index (χ3n) is 2.79. The SMILES string of the molecule is Cc1ccc(NC(=O)c2cnn(C)c2)cc1C#CCN. The molecule has 0 aliphatic carbocycles. The second-order valence-electron chi connectivity index (χ2n) is 4.39. The standard InChI is InChI=1S/C15H16N4O/c1-11-5-6-14(8-12(11)4-3-7-16)18-15(20)13-9-17-19(2)10-13/h5-6,8-10H,7,16H2,1-2H3,(H,18,20). The predicted octanol–water partition coefficient (Wildman–Crippen LogP) is 1.29. The highest BCUT2D eigenvalue weighted by molar-refractivity contribution is 6.04. The van der Waals surface area contributed by atoms with Crippen molar-refractivity contribution in [1.29, 1.82) is 0 Å². The predicted molar refractivity (Wildman–Crippen MR) is 78.3 cm³/mol. The van der Waals surface area contributed by atoms with Crippen LogP contribution in [0.5, 0.6) is 0 Å². The van der Waals surface area contributed by atoms with Crippen LogP contribution in [0.2, 0.25) is 0 Å². The van der Waals surface area contributed by atoms with E-state index in [9.17, 15) is 4.79 Å². The summed E-state index contributed by atoms with van der Waals surface area (Å²) in [7, 11) is 1.77. The molecule has 102 valence electrons. The van der Waals surface area contributed by atoms with Gasteiger partial charge in [-0.1, -0.05) is 17.9 Å². The molecule has 1 amide bonds. The molecule has 1 aromatic heterocycles. The number of aryl methyl sites for hydroxylation is 2. The lowest BCUT2D eigenvalue weighted by Gasteiger charge is -2.06. The highest BCUT2D eigenvalue weighted by atomic mass is 16.1. The van der Waals surface area contributed by atoms with Crippen LogP contribution in [0.4, 0.5) is 5.69 Å². The van der Waals surface area contributed by atoms with Crippen molar-refractivity contribution >= 4 is 11.6 Å². The molecule has 0 aliphatic heterocycles. The summed E-state index contributed by atoms with van der Waals surface area (Å²) in [6.07, 6.45) is 3.19. The number of nitrogens with one attached hydrogen (secondary N) is 1. The monoisotopic (exact) mass is 268 g/mol. The second kappa shape index (κ2) is 6.04. The summed E-state index contributed by atoms with van der Waals surface area (Å²) < 4.78 is 1.59. The lowest BCUT2D eigenvalue weighted by Crippen LogP contribution is -2.11. The van der Waals surface area contributed by atoms with E-state index in [-0.39, 0.29) is 5.91 Å². The Morgan fingerprint density at radius 2 is 2.30 bits per heavy atom. The first-order valence-corrected chi connectivity index (χ1v) is 6.19. The van der Waals surface area contributed by atoms with Crippen LogP contribution in [0, 0.1) is 18.8 Å². The number of carbonyl (C=O) groups excluding carboxylic acids is 1. The van der Waals surface area contributed by atoms with E-state index in [1.165, 1.54) is 6.20 Å². The van der Waals surface area contributed by atoms with Crippen molar-refractivity contribution in [2.24, 2.45) is 12.8 Å². The molecule has 0 radical (unpaired) electrons. The first kappa shape index (κ1) is 13.8. The van der Waals surface area contributed by atoms with Gasteiger partial charge in [-0.15, -0.1) is 0 Å². The Kier molecular flexibility index (Phi) is 4.18. The van der Waals surface area contributed by atoms with E-state index >= 15 is 0 Å². The minimum absolute atomic E-state index is 0.195. The first-order valence-electron chi connectivity index (χ1n) is 6.19. The fourth-order valence-electron chi connectivity index (χ4n) is 1.72. The molecule has 0 saturated carbocycles. The molecular formula is C15H16N4O. The summed E-state index contributed by atoms with van der Waals surface area (Å²) in [4.78, 5) is 12.0. The average molecular weight is 268 g/mol. The number of hydrogen-bond donors (Lipinski definition) is 2. The smallest absolute Gasteiger partial charge is 0.258 e. The van der Waals surface area contributed by atoms with Crippen LogP contribution in [0.25, 0.3) is 0 Å². The van der Waals surface area contributed by atoms with E-state index in [0.717, 1.165) is 11.1 Å². The number of aromatic nitrogens is 2. The minimum Gasteiger partial charge on any atom is -0.322 e. The van der Waals surface area contributed by atoms with Crippen molar-refractivity contribution in [3.63, 3.8) is 0 Å². The van der Waals surface area contributed by atoms with Crippen LogP contribution >= 0.6 is 0 Å². The number of carbonyl (C=O) groups is 1. The largest absolute Gasteiger partial charge is 0.322 e. The van der Waals surface area contributed by atoms with E-state index in [1.807, 2.05) is 25.1 Å². The molecule has 0 bridgehead atoms.